The monoisotopic (exact) mass is 239 g/mol. The van der Waals surface area contributed by atoms with Gasteiger partial charge in [-0.1, -0.05) is 30.7 Å². The number of benzene rings is 1. The number of aryl methyl sites for hydroxylation is 1. The Labute approximate surface area is 99.7 Å². The van der Waals surface area contributed by atoms with E-state index in [1.165, 1.54) is 0 Å². The molecule has 16 heavy (non-hydrogen) atoms. The van der Waals surface area contributed by atoms with Crippen molar-refractivity contribution in [2.24, 2.45) is 0 Å². The van der Waals surface area contributed by atoms with Crippen LogP contribution in [0.4, 0.5) is 5.69 Å². The molecule has 1 aromatic carbocycles. The number of hydrogen-bond donors (Lipinski definition) is 1. The summed E-state index contributed by atoms with van der Waals surface area (Å²) in [6, 6.07) is 5.75. The molecule has 1 aromatic rings. The molecule has 0 bridgehead atoms. The third-order valence-corrected chi connectivity index (χ3v) is 2.97. The first kappa shape index (κ1) is 11.3. The highest BCUT2D eigenvalue weighted by atomic mass is 35.5. The predicted molar refractivity (Wildman–Crippen MR) is 64.0 cm³/mol. The van der Waals surface area contributed by atoms with Gasteiger partial charge in [0, 0.05) is 6.42 Å². The first-order chi connectivity index (χ1) is 7.70. The fourth-order valence-electron chi connectivity index (χ4n) is 1.70. The molecule has 1 aliphatic heterocycles. The Kier molecular flexibility index (Phi) is 3.34. The summed E-state index contributed by atoms with van der Waals surface area (Å²) in [6.07, 6.45) is 2.02. The van der Waals surface area contributed by atoms with Crippen LogP contribution < -0.4 is 10.1 Å². The standard InChI is InChI=1S/C12H14ClNO2/c1-2-10(13)16-9-5-3-4-8-6-7-11(15)14-12(8)9/h3-5,10H,2,6-7H2,1H3,(H,14,15). The van der Waals surface area contributed by atoms with Gasteiger partial charge in [-0.05, 0) is 24.5 Å². The topological polar surface area (TPSA) is 38.3 Å². The lowest BCUT2D eigenvalue weighted by atomic mass is 10.0. The molecule has 1 aliphatic rings. The number of amides is 1. The van der Waals surface area contributed by atoms with Gasteiger partial charge in [0.25, 0.3) is 0 Å². The molecule has 1 amide bonds. The smallest absolute Gasteiger partial charge is 0.224 e. The van der Waals surface area contributed by atoms with Crippen molar-refractivity contribution in [1.82, 2.24) is 0 Å². The summed E-state index contributed by atoms with van der Waals surface area (Å²) in [5.41, 5.74) is 1.53. The highest BCUT2D eigenvalue weighted by Crippen LogP contribution is 2.33. The van der Waals surface area contributed by atoms with Crippen molar-refractivity contribution >= 4 is 23.2 Å². The average molecular weight is 240 g/mol. The van der Waals surface area contributed by atoms with Crippen molar-refractivity contribution in [2.45, 2.75) is 31.7 Å². The molecule has 2 rings (SSSR count). The number of alkyl halides is 1. The van der Waals surface area contributed by atoms with Gasteiger partial charge in [0.1, 0.15) is 5.75 Å². The van der Waals surface area contributed by atoms with Crippen LogP contribution in [0.25, 0.3) is 0 Å². The number of hydrogen-bond acceptors (Lipinski definition) is 2. The van der Waals surface area contributed by atoms with E-state index in [1.54, 1.807) is 0 Å². The molecule has 1 unspecified atom stereocenters. The van der Waals surface area contributed by atoms with Crippen molar-refractivity contribution in [3.05, 3.63) is 23.8 Å². The predicted octanol–water partition coefficient (Wildman–Crippen LogP) is 2.93. The number of fused-ring (bicyclic) bond motifs is 1. The van der Waals surface area contributed by atoms with Gasteiger partial charge < -0.3 is 10.1 Å². The Morgan fingerprint density at radius 2 is 2.31 bits per heavy atom. The fourth-order valence-corrected chi connectivity index (χ4v) is 1.79. The maximum Gasteiger partial charge on any atom is 0.224 e. The first-order valence-corrected chi connectivity index (χ1v) is 5.87. The molecular weight excluding hydrogens is 226 g/mol. The quantitative estimate of drug-likeness (QED) is 0.824. The summed E-state index contributed by atoms with van der Waals surface area (Å²) in [4.78, 5) is 11.3. The number of anilines is 1. The Morgan fingerprint density at radius 3 is 3.06 bits per heavy atom. The maximum absolute atomic E-state index is 11.3. The molecule has 1 heterocycles. The molecule has 0 saturated heterocycles. The highest BCUT2D eigenvalue weighted by Gasteiger charge is 2.19. The van der Waals surface area contributed by atoms with Crippen molar-refractivity contribution in [2.75, 3.05) is 5.32 Å². The van der Waals surface area contributed by atoms with Gasteiger partial charge in [0.15, 0.2) is 5.56 Å². The zero-order valence-corrected chi connectivity index (χ0v) is 9.88. The lowest BCUT2D eigenvalue weighted by Gasteiger charge is -2.21. The summed E-state index contributed by atoms with van der Waals surface area (Å²) in [6.45, 7) is 1.95. The van der Waals surface area contributed by atoms with Gasteiger partial charge >= 0.3 is 0 Å². The minimum Gasteiger partial charge on any atom is -0.473 e. The number of rotatable bonds is 3. The highest BCUT2D eigenvalue weighted by molar-refractivity contribution is 6.19. The van der Waals surface area contributed by atoms with Crippen molar-refractivity contribution in [3.8, 4) is 5.75 Å². The summed E-state index contributed by atoms with van der Waals surface area (Å²) < 4.78 is 5.56. The van der Waals surface area contributed by atoms with E-state index in [1.807, 2.05) is 25.1 Å². The lowest BCUT2D eigenvalue weighted by molar-refractivity contribution is -0.116. The van der Waals surface area contributed by atoms with Gasteiger partial charge in [-0.2, -0.15) is 0 Å². The van der Waals surface area contributed by atoms with Crippen molar-refractivity contribution < 1.29 is 9.53 Å². The van der Waals surface area contributed by atoms with E-state index in [4.69, 9.17) is 16.3 Å². The van der Waals surface area contributed by atoms with Crippen LogP contribution in [0, 0.1) is 0 Å². The molecule has 0 saturated carbocycles. The Balaban J connectivity index is 2.28. The molecule has 0 aliphatic carbocycles. The summed E-state index contributed by atoms with van der Waals surface area (Å²) >= 11 is 5.94. The molecule has 1 atom stereocenters. The second kappa shape index (κ2) is 4.74. The summed E-state index contributed by atoms with van der Waals surface area (Å²) in [5.74, 6) is 0.693. The molecular formula is C12H14ClNO2. The molecule has 86 valence electrons. The zero-order chi connectivity index (χ0) is 11.5. The number of carbonyl (C=O) groups excluding carboxylic acids is 1. The van der Waals surface area contributed by atoms with Crippen LogP contribution in [0.5, 0.6) is 5.75 Å². The number of para-hydroxylation sites is 1. The molecule has 0 radical (unpaired) electrons. The second-order valence-electron chi connectivity index (χ2n) is 3.77. The number of halogens is 1. The normalized spacial score (nSPS) is 16.2. The van der Waals surface area contributed by atoms with E-state index >= 15 is 0 Å². The Hall–Kier alpha value is -1.22. The lowest BCUT2D eigenvalue weighted by Crippen LogP contribution is -2.20. The molecule has 0 fully saturated rings. The van der Waals surface area contributed by atoms with Crippen LogP contribution in [0.1, 0.15) is 25.3 Å². The van der Waals surface area contributed by atoms with Gasteiger partial charge in [0.05, 0.1) is 5.69 Å². The zero-order valence-electron chi connectivity index (χ0n) is 9.13. The van der Waals surface area contributed by atoms with E-state index in [0.29, 0.717) is 12.2 Å². The average Bonchev–Trinajstić information content (AvgIpc) is 2.29. The number of nitrogens with one attached hydrogen (secondary N) is 1. The van der Waals surface area contributed by atoms with E-state index in [2.05, 4.69) is 5.32 Å². The van der Waals surface area contributed by atoms with Crippen LogP contribution in [0.3, 0.4) is 0 Å². The van der Waals surface area contributed by atoms with Gasteiger partial charge in [0.2, 0.25) is 5.91 Å². The van der Waals surface area contributed by atoms with E-state index < -0.39 is 0 Å². The van der Waals surface area contributed by atoms with Crippen LogP contribution >= 0.6 is 11.6 Å². The van der Waals surface area contributed by atoms with E-state index in [-0.39, 0.29) is 11.5 Å². The number of carbonyl (C=O) groups is 1. The van der Waals surface area contributed by atoms with Crippen LogP contribution in [0.15, 0.2) is 18.2 Å². The van der Waals surface area contributed by atoms with Crippen LogP contribution in [-0.2, 0) is 11.2 Å². The first-order valence-electron chi connectivity index (χ1n) is 5.43. The Morgan fingerprint density at radius 1 is 1.50 bits per heavy atom. The van der Waals surface area contributed by atoms with Crippen molar-refractivity contribution in [3.63, 3.8) is 0 Å². The van der Waals surface area contributed by atoms with Gasteiger partial charge in [-0.25, -0.2) is 0 Å². The third kappa shape index (κ3) is 2.30. The minimum absolute atomic E-state index is 0.0335. The minimum atomic E-state index is -0.356. The number of ether oxygens (including phenoxy) is 1. The maximum atomic E-state index is 11.3. The molecule has 0 aromatic heterocycles. The SMILES string of the molecule is CCC(Cl)Oc1cccc2c1NC(=O)CC2. The largest absolute Gasteiger partial charge is 0.473 e. The van der Waals surface area contributed by atoms with E-state index in [9.17, 15) is 4.79 Å². The third-order valence-electron chi connectivity index (χ3n) is 2.57. The van der Waals surface area contributed by atoms with Gasteiger partial charge in [-0.15, -0.1) is 0 Å². The van der Waals surface area contributed by atoms with E-state index in [0.717, 1.165) is 24.1 Å². The Bertz CT molecular complexity index is 406. The van der Waals surface area contributed by atoms with Crippen molar-refractivity contribution in [1.29, 1.82) is 0 Å². The fraction of sp³-hybridized carbons (Fsp3) is 0.417. The summed E-state index contributed by atoms with van der Waals surface area (Å²) in [7, 11) is 0. The second-order valence-corrected chi connectivity index (χ2v) is 4.26. The summed E-state index contributed by atoms with van der Waals surface area (Å²) in [5, 5.41) is 2.84. The van der Waals surface area contributed by atoms with Crippen LogP contribution in [0.2, 0.25) is 0 Å². The molecule has 0 spiro atoms. The molecule has 4 heteroatoms. The molecule has 3 nitrogen and oxygen atoms in total. The van der Waals surface area contributed by atoms with Crippen LogP contribution in [-0.4, -0.2) is 11.5 Å². The molecule has 1 N–H and O–H groups in total. The van der Waals surface area contributed by atoms with Gasteiger partial charge in [-0.3, -0.25) is 4.79 Å².